The fourth-order valence-corrected chi connectivity index (χ4v) is 2.93. The average molecular weight is 341 g/mol. The molecule has 1 heterocycles. The lowest BCUT2D eigenvalue weighted by atomic mass is 10.00. The third-order valence-corrected chi connectivity index (χ3v) is 4.25. The van der Waals surface area contributed by atoms with Crippen molar-refractivity contribution in [1.29, 1.82) is 0 Å². The molecule has 0 N–H and O–H groups in total. The number of halogens is 1. The summed E-state index contributed by atoms with van der Waals surface area (Å²) in [5.74, 6) is 1.75. The van der Waals surface area contributed by atoms with Gasteiger partial charge in [-0.25, -0.2) is 4.39 Å². The number of hydrogen-bond acceptors (Lipinski definition) is 4. The first-order chi connectivity index (χ1) is 12.1. The number of aromatic nitrogens is 1. The minimum absolute atomic E-state index is 0.350. The van der Waals surface area contributed by atoms with E-state index in [1.54, 1.807) is 38.6 Å². The predicted octanol–water partition coefficient (Wildman–Crippen LogP) is 4.63. The zero-order chi connectivity index (χ0) is 18.0. The number of nitrogens with zero attached hydrogens (tertiary/aromatic N) is 1. The van der Waals surface area contributed by atoms with Gasteiger partial charge in [-0.15, -0.1) is 0 Å². The van der Waals surface area contributed by atoms with Crippen LogP contribution in [0.5, 0.6) is 17.2 Å². The third kappa shape index (κ3) is 3.09. The van der Waals surface area contributed by atoms with Gasteiger partial charge in [0.15, 0.2) is 17.7 Å². The van der Waals surface area contributed by atoms with Crippen molar-refractivity contribution in [3.8, 4) is 17.2 Å². The van der Waals surface area contributed by atoms with E-state index < -0.39 is 6.17 Å². The van der Waals surface area contributed by atoms with Crippen molar-refractivity contribution in [1.82, 2.24) is 4.98 Å². The molecule has 0 bridgehead atoms. The van der Waals surface area contributed by atoms with Crippen LogP contribution >= 0.6 is 0 Å². The maximum Gasteiger partial charge on any atom is 0.168 e. The van der Waals surface area contributed by atoms with Crippen molar-refractivity contribution in [2.24, 2.45) is 0 Å². The van der Waals surface area contributed by atoms with Crippen molar-refractivity contribution in [2.75, 3.05) is 21.3 Å². The molecule has 0 aliphatic heterocycles. The van der Waals surface area contributed by atoms with Gasteiger partial charge in [0.1, 0.15) is 5.75 Å². The molecule has 1 atom stereocenters. The largest absolute Gasteiger partial charge is 0.496 e. The second-order valence-electron chi connectivity index (χ2n) is 5.72. The first-order valence-electron chi connectivity index (χ1n) is 7.88. The van der Waals surface area contributed by atoms with Crippen LogP contribution in [-0.2, 0) is 0 Å². The van der Waals surface area contributed by atoms with Crippen LogP contribution in [-0.4, -0.2) is 26.3 Å². The molecule has 2 aromatic carbocycles. The number of alkyl halides is 1. The summed E-state index contributed by atoms with van der Waals surface area (Å²) in [6.45, 7) is 1.96. The van der Waals surface area contributed by atoms with Gasteiger partial charge < -0.3 is 14.2 Å². The standard InChI is InChI=1S/C20H20FNO3/c1-12-9-13-7-8-22-20(15(13)11-17(12)24-3)19(21)14-5-6-16(23-2)18(10-14)25-4/h5-11,19H,1-4H3. The lowest BCUT2D eigenvalue weighted by molar-refractivity contribution is 0.350. The highest BCUT2D eigenvalue weighted by atomic mass is 19.1. The van der Waals surface area contributed by atoms with E-state index in [0.717, 1.165) is 16.3 Å². The van der Waals surface area contributed by atoms with Gasteiger partial charge in [-0.2, -0.15) is 0 Å². The number of hydrogen-bond donors (Lipinski definition) is 0. The van der Waals surface area contributed by atoms with E-state index in [-0.39, 0.29) is 0 Å². The van der Waals surface area contributed by atoms with Crippen LogP contribution in [0.4, 0.5) is 4.39 Å². The fraction of sp³-hybridized carbons (Fsp3) is 0.250. The molecule has 0 radical (unpaired) electrons. The van der Waals surface area contributed by atoms with Crippen LogP contribution in [0.15, 0.2) is 42.6 Å². The zero-order valence-corrected chi connectivity index (χ0v) is 14.7. The molecular formula is C20H20FNO3. The molecule has 4 nitrogen and oxygen atoms in total. The predicted molar refractivity (Wildman–Crippen MR) is 95.5 cm³/mol. The molecular weight excluding hydrogens is 321 g/mol. The van der Waals surface area contributed by atoms with Crippen LogP contribution in [0.2, 0.25) is 0 Å². The van der Waals surface area contributed by atoms with Crippen LogP contribution in [0.1, 0.15) is 23.0 Å². The van der Waals surface area contributed by atoms with E-state index in [2.05, 4.69) is 4.98 Å². The summed E-state index contributed by atoms with van der Waals surface area (Å²) in [7, 11) is 4.68. The lowest BCUT2D eigenvalue weighted by Crippen LogP contribution is -2.01. The van der Waals surface area contributed by atoms with Crippen LogP contribution in [0, 0.1) is 6.92 Å². The summed E-state index contributed by atoms with van der Waals surface area (Å²) < 4.78 is 31.1. The summed E-state index contributed by atoms with van der Waals surface area (Å²) in [6.07, 6.45) is 0.229. The topological polar surface area (TPSA) is 40.6 Å². The normalized spacial score (nSPS) is 12.0. The zero-order valence-electron chi connectivity index (χ0n) is 14.7. The van der Waals surface area contributed by atoms with Crippen molar-refractivity contribution in [3.05, 3.63) is 59.4 Å². The molecule has 25 heavy (non-hydrogen) atoms. The van der Waals surface area contributed by atoms with E-state index >= 15 is 4.39 Å². The van der Waals surface area contributed by atoms with E-state index in [4.69, 9.17) is 14.2 Å². The Morgan fingerprint density at radius 1 is 0.880 bits per heavy atom. The first-order valence-corrected chi connectivity index (χ1v) is 7.88. The maximum absolute atomic E-state index is 15.3. The van der Waals surface area contributed by atoms with Crippen molar-refractivity contribution in [3.63, 3.8) is 0 Å². The Morgan fingerprint density at radius 3 is 2.28 bits per heavy atom. The van der Waals surface area contributed by atoms with Gasteiger partial charge in [0, 0.05) is 11.6 Å². The lowest BCUT2D eigenvalue weighted by Gasteiger charge is -2.15. The molecule has 0 amide bonds. The summed E-state index contributed by atoms with van der Waals surface area (Å²) in [5.41, 5.74) is 1.80. The van der Waals surface area contributed by atoms with Crippen LogP contribution in [0.25, 0.3) is 10.8 Å². The Morgan fingerprint density at radius 2 is 1.60 bits per heavy atom. The molecule has 3 rings (SSSR count). The van der Waals surface area contributed by atoms with Crippen molar-refractivity contribution >= 4 is 10.8 Å². The fourth-order valence-electron chi connectivity index (χ4n) is 2.93. The molecule has 130 valence electrons. The number of fused-ring (bicyclic) bond motifs is 1. The first kappa shape index (κ1) is 17.0. The van der Waals surface area contributed by atoms with Gasteiger partial charge in [0.25, 0.3) is 0 Å². The Labute approximate surface area is 146 Å². The second kappa shape index (κ2) is 6.97. The second-order valence-corrected chi connectivity index (χ2v) is 5.72. The molecule has 0 aliphatic carbocycles. The van der Waals surface area contributed by atoms with Gasteiger partial charge in [-0.05, 0) is 53.8 Å². The number of pyridine rings is 1. The Kier molecular flexibility index (Phi) is 4.74. The number of aryl methyl sites for hydroxylation is 1. The van der Waals surface area contributed by atoms with E-state index in [9.17, 15) is 0 Å². The highest BCUT2D eigenvalue weighted by molar-refractivity contribution is 5.87. The van der Waals surface area contributed by atoms with Crippen molar-refractivity contribution in [2.45, 2.75) is 13.1 Å². The molecule has 0 fully saturated rings. The Balaban J connectivity index is 2.12. The summed E-state index contributed by atoms with van der Waals surface area (Å²) >= 11 is 0. The maximum atomic E-state index is 15.3. The highest BCUT2D eigenvalue weighted by Gasteiger charge is 2.20. The van der Waals surface area contributed by atoms with E-state index in [1.165, 1.54) is 7.11 Å². The monoisotopic (exact) mass is 341 g/mol. The van der Waals surface area contributed by atoms with Crippen LogP contribution in [0.3, 0.4) is 0 Å². The summed E-state index contributed by atoms with van der Waals surface area (Å²) in [5, 5.41) is 1.65. The molecule has 1 aromatic heterocycles. The molecule has 1 unspecified atom stereocenters. The van der Waals surface area contributed by atoms with Gasteiger partial charge in [-0.3, -0.25) is 4.98 Å². The smallest absolute Gasteiger partial charge is 0.168 e. The molecule has 5 heteroatoms. The average Bonchev–Trinajstić information content (AvgIpc) is 2.65. The summed E-state index contributed by atoms with van der Waals surface area (Å²) in [4.78, 5) is 4.28. The minimum Gasteiger partial charge on any atom is -0.496 e. The SMILES string of the molecule is COc1cc2c(C(F)c3ccc(OC)c(OC)c3)nccc2cc1C. The Bertz CT molecular complexity index is 911. The minimum atomic E-state index is -1.39. The van der Waals surface area contributed by atoms with Gasteiger partial charge in [0.2, 0.25) is 0 Å². The third-order valence-electron chi connectivity index (χ3n) is 4.25. The molecule has 3 aromatic rings. The highest BCUT2D eigenvalue weighted by Crippen LogP contribution is 2.37. The number of benzene rings is 2. The Hall–Kier alpha value is -2.82. The van der Waals surface area contributed by atoms with E-state index in [1.807, 2.05) is 25.1 Å². The van der Waals surface area contributed by atoms with Crippen LogP contribution < -0.4 is 14.2 Å². The number of methoxy groups -OCH3 is 3. The molecule has 0 saturated heterocycles. The quantitative estimate of drug-likeness (QED) is 0.678. The summed E-state index contributed by atoms with van der Waals surface area (Å²) in [6, 6.07) is 10.7. The van der Waals surface area contributed by atoms with Crippen molar-refractivity contribution < 1.29 is 18.6 Å². The molecule has 0 aliphatic rings. The molecule has 0 spiro atoms. The van der Waals surface area contributed by atoms with Gasteiger partial charge >= 0.3 is 0 Å². The molecule has 0 saturated carbocycles. The van der Waals surface area contributed by atoms with Gasteiger partial charge in [0.05, 0.1) is 27.0 Å². The number of ether oxygens (including phenoxy) is 3. The number of rotatable bonds is 5. The van der Waals surface area contributed by atoms with E-state index in [0.29, 0.717) is 28.5 Å². The van der Waals surface area contributed by atoms with Gasteiger partial charge in [-0.1, -0.05) is 6.07 Å².